The first-order valence-electron chi connectivity index (χ1n) is 7.07. The van der Waals surface area contributed by atoms with E-state index in [2.05, 4.69) is 12.0 Å². The van der Waals surface area contributed by atoms with Crippen molar-refractivity contribution in [3.63, 3.8) is 0 Å². The summed E-state index contributed by atoms with van der Waals surface area (Å²) in [5.74, 6) is -0.399. The number of nitrogens with zero attached hydrogens (tertiary/aromatic N) is 1. The Bertz CT molecular complexity index is 530. The van der Waals surface area contributed by atoms with E-state index in [0.29, 0.717) is 18.4 Å². The van der Waals surface area contributed by atoms with Crippen molar-refractivity contribution in [2.75, 3.05) is 0 Å². The Kier molecular flexibility index (Phi) is 5.70. The fourth-order valence-electron chi connectivity index (χ4n) is 1.84. The Morgan fingerprint density at radius 3 is 2.52 bits per heavy atom. The standard InChI is InChI=1S/C17H24N2O2/c1-6-7-11-15(20)18-19(17(3,4)5)16(21)14-10-8-9-13(2)12-14/h6,8-10,12H,1,7,11H2,2-5H3,(H,18,20). The van der Waals surface area contributed by atoms with Crippen molar-refractivity contribution >= 4 is 11.8 Å². The summed E-state index contributed by atoms with van der Waals surface area (Å²) in [6.45, 7) is 11.2. The summed E-state index contributed by atoms with van der Waals surface area (Å²) in [5, 5.41) is 1.40. The molecule has 4 nitrogen and oxygen atoms in total. The van der Waals surface area contributed by atoms with E-state index in [9.17, 15) is 9.59 Å². The van der Waals surface area contributed by atoms with Crippen LogP contribution in [0.15, 0.2) is 36.9 Å². The quantitative estimate of drug-likeness (QED) is 0.683. The molecule has 0 aliphatic rings. The number of rotatable bonds is 4. The fraction of sp³-hybridized carbons (Fsp3) is 0.412. The van der Waals surface area contributed by atoms with Gasteiger partial charge < -0.3 is 0 Å². The normalized spacial score (nSPS) is 10.9. The summed E-state index contributed by atoms with van der Waals surface area (Å²) < 4.78 is 0. The summed E-state index contributed by atoms with van der Waals surface area (Å²) in [4.78, 5) is 24.6. The van der Waals surface area contributed by atoms with E-state index in [0.717, 1.165) is 5.56 Å². The molecule has 114 valence electrons. The van der Waals surface area contributed by atoms with Crippen LogP contribution in [-0.2, 0) is 4.79 Å². The molecule has 0 radical (unpaired) electrons. The molecule has 0 unspecified atom stereocenters. The second-order valence-electron chi connectivity index (χ2n) is 6.04. The number of aryl methyl sites for hydroxylation is 1. The van der Waals surface area contributed by atoms with Crippen molar-refractivity contribution in [2.45, 2.75) is 46.1 Å². The summed E-state index contributed by atoms with van der Waals surface area (Å²) in [7, 11) is 0. The molecule has 1 N–H and O–H groups in total. The third-order valence-electron chi connectivity index (χ3n) is 2.95. The zero-order valence-electron chi connectivity index (χ0n) is 13.3. The third-order valence-corrected chi connectivity index (χ3v) is 2.95. The van der Waals surface area contributed by atoms with E-state index >= 15 is 0 Å². The molecule has 0 aliphatic carbocycles. The SMILES string of the molecule is C=CCCC(=O)NN(C(=O)c1cccc(C)c1)C(C)(C)C. The number of hydrogen-bond acceptors (Lipinski definition) is 2. The summed E-state index contributed by atoms with van der Waals surface area (Å²) in [5.41, 5.74) is 3.77. The van der Waals surface area contributed by atoms with Gasteiger partial charge in [-0.3, -0.25) is 15.0 Å². The second kappa shape index (κ2) is 7.07. The average Bonchev–Trinajstić information content (AvgIpc) is 2.40. The zero-order chi connectivity index (χ0) is 16.0. The monoisotopic (exact) mass is 288 g/mol. The maximum atomic E-state index is 12.6. The molecular formula is C17H24N2O2. The van der Waals surface area contributed by atoms with Crippen molar-refractivity contribution in [3.8, 4) is 0 Å². The van der Waals surface area contributed by atoms with Crippen LogP contribution >= 0.6 is 0 Å². The largest absolute Gasteiger partial charge is 0.273 e. The fourth-order valence-corrected chi connectivity index (χ4v) is 1.84. The van der Waals surface area contributed by atoms with Crippen LogP contribution in [0.3, 0.4) is 0 Å². The minimum atomic E-state index is -0.509. The highest BCUT2D eigenvalue weighted by atomic mass is 16.2. The van der Waals surface area contributed by atoms with Crippen LogP contribution in [0.1, 0.15) is 49.5 Å². The van der Waals surface area contributed by atoms with E-state index < -0.39 is 5.54 Å². The molecule has 1 rings (SSSR count). The number of benzene rings is 1. The minimum absolute atomic E-state index is 0.189. The zero-order valence-corrected chi connectivity index (χ0v) is 13.3. The Morgan fingerprint density at radius 2 is 2.00 bits per heavy atom. The molecule has 0 aliphatic heterocycles. The number of hydrogen-bond donors (Lipinski definition) is 1. The molecule has 2 amide bonds. The van der Waals surface area contributed by atoms with E-state index in [-0.39, 0.29) is 11.8 Å². The molecule has 0 saturated carbocycles. The van der Waals surface area contributed by atoms with Crippen LogP contribution in [0.4, 0.5) is 0 Å². The number of amides is 2. The van der Waals surface area contributed by atoms with Gasteiger partial charge >= 0.3 is 0 Å². The number of carbonyl (C=O) groups excluding carboxylic acids is 2. The molecular weight excluding hydrogens is 264 g/mol. The molecule has 21 heavy (non-hydrogen) atoms. The van der Waals surface area contributed by atoms with Crippen molar-refractivity contribution in [1.29, 1.82) is 0 Å². The van der Waals surface area contributed by atoms with Gasteiger partial charge in [0.25, 0.3) is 5.91 Å². The lowest BCUT2D eigenvalue weighted by Crippen LogP contribution is -2.55. The summed E-state index contributed by atoms with van der Waals surface area (Å²) in [6, 6.07) is 7.34. The van der Waals surface area contributed by atoms with E-state index in [4.69, 9.17) is 0 Å². The Hall–Kier alpha value is -2.10. The number of nitrogens with one attached hydrogen (secondary N) is 1. The van der Waals surface area contributed by atoms with Crippen molar-refractivity contribution in [2.24, 2.45) is 0 Å². The predicted molar refractivity (Wildman–Crippen MR) is 84.7 cm³/mol. The highest BCUT2D eigenvalue weighted by molar-refractivity contribution is 5.96. The van der Waals surface area contributed by atoms with Crippen molar-refractivity contribution < 1.29 is 9.59 Å². The maximum Gasteiger partial charge on any atom is 0.272 e. The second-order valence-corrected chi connectivity index (χ2v) is 6.04. The Balaban J connectivity index is 2.95. The summed E-state index contributed by atoms with van der Waals surface area (Å²) in [6.07, 6.45) is 2.59. The van der Waals surface area contributed by atoms with Gasteiger partial charge in [0.05, 0.1) is 5.54 Å². The highest BCUT2D eigenvalue weighted by Crippen LogP contribution is 2.16. The Morgan fingerprint density at radius 1 is 1.33 bits per heavy atom. The number of carbonyl (C=O) groups is 2. The number of hydrazine groups is 1. The molecule has 1 aromatic rings. The molecule has 0 atom stereocenters. The van der Waals surface area contributed by atoms with Gasteiger partial charge in [0, 0.05) is 12.0 Å². The van der Waals surface area contributed by atoms with Crippen LogP contribution in [0.5, 0.6) is 0 Å². The van der Waals surface area contributed by atoms with Gasteiger partial charge in [0.1, 0.15) is 0 Å². The lowest BCUT2D eigenvalue weighted by atomic mass is 10.1. The first-order chi connectivity index (χ1) is 9.75. The van der Waals surface area contributed by atoms with Crippen molar-refractivity contribution in [3.05, 3.63) is 48.0 Å². The first-order valence-corrected chi connectivity index (χ1v) is 7.07. The van der Waals surface area contributed by atoms with Crippen LogP contribution in [0, 0.1) is 6.92 Å². The topological polar surface area (TPSA) is 49.4 Å². The van der Waals surface area contributed by atoms with Gasteiger partial charge in [0.15, 0.2) is 0 Å². The molecule has 0 bridgehead atoms. The molecule has 0 heterocycles. The van der Waals surface area contributed by atoms with E-state index in [1.807, 2.05) is 45.9 Å². The van der Waals surface area contributed by atoms with Gasteiger partial charge in [0.2, 0.25) is 5.91 Å². The molecule has 0 saturated heterocycles. The van der Waals surface area contributed by atoms with Gasteiger partial charge in [-0.05, 0) is 46.2 Å². The van der Waals surface area contributed by atoms with Gasteiger partial charge in [-0.2, -0.15) is 0 Å². The molecule has 0 fully saturated rings. The van der Waals surface area contributed by atoms with E-state index in [1.165, 1.54) is 5.01 Å². The lowest BCUT2D eigenvalue weighted by Gasteiger charge is -2.35. The molecule has 1 aromatic carbocycles. The first kappa shape index (κ1) is 17.0. The smallest absolute Gasteiger partial charge is 0.272 e. The minimum Gasteiger partial charge on any atom is -0.273 e. The average molecular weight is 288 g/mol. The van der Waals surface area contributed by atoms with Crippen molar-refractivity contribution in [1.82, 2.24) is 10.4 Å². The predicted octanol–water partition coefficient (Wildman–Crippen LogP) is 3.23. The van der Waals surface area contributed by atoms with Crippen LogP contribution in [-0.4, -0.2) is 22.4 Å². The van der Waals surface area contributed by atoms with Crippen LogP contribution in [0.2, 0.25) is 0 Å². The number of allylic oxidation sites excluding steroid dienone is 1. The highest BCUT2D eigenvalue weighted by Gasteiger charge is 2.29. The molecule has 4 heteroatoms. The van der Waals surface area contributed by atoms with Gasteiger partial charge in [-0.25, -0.2) is 5.01 Å². The maximum absolute atomic E-state index is 12.6. The van der Waals surface area contributed by atoms with E-state index in [1.54, 1.807) is 12.1 Å². The van der Waals surface area contributed by atoms with Crippen LogP contribution < -0.4 is 5.43 Å². The van der Waals surface area contributed by atoms with Gasteiger partial charge in [-0.15, -0.1) is 6.58 Å². The molecule has 0 aromatic heterocycles. The third kappa shape index (κ3) is 5.06. The van der Waals surface area contributed by atoms with Crippen LogP contribution in [0.25, 0.3) is 0 Å². The summed E-state index contributed by atoms with van der Waals surface area (Å²) >= 11 is 0. The molecule has 0 spiro atoms. The lowest BCUT2D eigenvalue weighted by molar-refractivity contribution is -0.126. The van der Waals surface area contributed by atoms with Gasteiger partial charge in [-0.1, -0.05) is 23.8 Å². The Labute approximate surface area is 126 Å².